The SMILES string of the molecule is CCOC(=O)c1cc(C=C2C(=O)Nc3ccc(CCCl)cc32)oc1C. The molecular formula is C19H18ClNO4. The van der Waals surface area contributed by atoms with E-state index in [0.717, 1.165) is 23.2 Å². The monoisotopic (exact) mass is 359 g/mol. The summed E-state index contributed by atoms with van der Waals surface area (Å²) in [5.41, 5.74) is 3.47. The minimum absolute atomic E-state index is 0.204. The van der Waals surface area contributed by atoms with Crippen molar-refractivity contribution < 1.29 is 18.7 Å². The van der Waals surface area contributed by atoms with Crippen molar-refractivity contribution in [1.29, 1.82) is 0 Å². The average molecular weight is 360 g/mol. The number of carbonyl (C=O) groups is 2. The second-order valence-electron chi connectivity index (χ2n) is 5.67. The largest absolute Gasteiger partial charge is 0.462 e. The van der Waals surface area contributed by atoms with Gasteiger partial charge in [-0.2, -0.15) is 0 Å². The van der Waals surface area contributed by atoms with Crippen molar-refractivity contribution in [3.8, 4) is 0 Å². The minimum atomic E-state index is -0.436. The van der Waals surface area contributed by atoms with Crippen LogP contribution in [0.1, 0.15) is 39.9 Å². The van der Waals surface area contributed by atoms with E-state index in [2.05, 4.69) is 5.32 Å². The lowest BCUT2D eigenvalue weighted by atomic mass is 10.0. The maximum absolute atomic E-state index is 12.3. The van der Waals surface area contributed by atoms with Gasteiger partial charge in [0, 0.05) is 17.1 Å². The van der Waals surface area contributed by atoms with Crippen LogP contribution in [0, 0.1) is 6.92 Å². The molecule has 1 N–H and O–H groups in total. The molecule has 1 aromatic carbocycles. The van der Waals surface area contributed by atoms with E-state index in [0.29, 0.717) is 35.1 Å². The highest BCUT2D eigenvalue weighted by Crippen LogP contribution is 2.34. The molecule has 0 bridgehead atoms. The molecule has 0 unspecified atom stereocenters. The minimum Gasteiger partial charge on any atom is -0.462 e. The van der Waals surface area contributed by atoms with E-state index in [-0.39, 0.29) is 5.91 Å². The Morgan fingerprint density at radius 2 is 2.16 bits per heavy atom. The van der Waals surface area contributed by atoms with Crippen LogP contribution in [0.3, 0.4) is 0 Å². The van der Waals surface area contributed by atoms with Crippen LogP contribution in [0.25, 0.3) is 11.6 Å². The van der Waals surface area contributed by atoms with Crippen LogP contribution in [-0.2, 0) is 16.0 Å². The molecule has 0 fully saturated rings. The number of rotatable bonds is 5. The summed E-state index contributed by atoms with van der Waals surface area (Å²) in [6, 6.07) is 7.35. The van der Waals surface area contributed by atoms with Crippen LogP contribution in [-0.4, -0.2) is 24.4 Å². The molecule has 0 radical (unpaired) electrons. The summed E-state index contributed by atoms with van der Waals surface area (Å²) < 4.78 is 10.6. The van der Waals surface area contributed by atoms with Gasteiger partial charge in [-0.25, -0.2) is 4.79 Å². The lowest BCUT2D eigenvalue weighted by Crippen LogP contribution is -2.04. The molecule has 2 heterocycles. The van der Waals surface area contributed by atoms with Crippen molar-refractivity contribution in [2.75, 3.05) is 17.8 Å². The van der Waals surface area contributed by atoms with Crippen LogP contribution >= 0.6 is 11.6 Å². The molecule has 0 saturated carbocycles. The molecule has 1 aliphatic rings. The van der Waals surface area contributed by atoms with Gasteiger partial charge in [0.2, 0.25) is 0 Å². The fourth-order valence-corrected chi connectivity index (χ4v) is 2.99. The molecule has 2 aromatic rings. The zero-order valence-corrected chi connectivity index (χ0v) is 14.8. The lowest BCUT2D eigenvalue weighted by Gasteiger charge is -2.02. The van der Waals surface area contributed by atoms with Crippen molar-refractivity contribution in [3.05, 3.63) is 52.5 Å². The van der Waals surface area contributed by atoms with Crippen molar-refractivity contribution >= 4 is 40.8 Å². The van der Waals surface area contributed by atoms with Crippen LogP contribution in [0.15, 0.2) is 28.7 Å². The summed E-state index contributed by atoms with van der Waals surface area (Å²) in [5, 5.41) is 2.83. The van der Waals surface area contributed by atoms with Crippen molar-refractivity contribution in [2.45, 2.75) is 20.3 Å². The molecule has 1 aromatic heterocycles. The molecule has 0 spiro atoms. The summed E-state index contributed by atoms with van der Waals surface area (Å²) in [4.78, 5) is 24.2. The predicted octanol–water partition coefficient (Wildman–Crippen LogP) is 4.04. The van der Waals surface area contributed by atoms with Gasteiger partial charge in [-0.15, -0.1) is 11.6 Å². The highest BCUT2D eigenvalue weighted by Gasteiger charge is 2.25. The van der Waals surface area contributed by atoms with E-state index in [1.165, 1.54) is 0 Å². The summed E-state index contributed by atoms with van der Waals surface area (Å²) >= 11 is 5.80. The van der Waals surface area contributed by atoms with Crippen LogP contribution in [0.4, 0.5) is 5.69 Å². The maximum atomic E-state index is 12.3. The number of ether oxygens (including phenoxy) is 1. The molecule has 3 rings (SSSR count). The fourth-order valence-electron chi connectivity index (χ4n) is 2.77. The van der Waals surface area contributed by atoms with Crippen molar-refractivity contribution in [1.82, 2.24) is 0 Å². The van der Waals surface area contributed by atoms with E-state index in [1.807, 2.05) is 18.2 Å². The Balaban J connectivity index is 1.97. The summed E-state index contributed by atoms with van der Waals surface area (Å²) in [6.07, 6.45) is 2.37. The number of halogens is 1. The second-order valence-corrected chi connectivity index (χ2v) is 6.05. The Kier molecular flexibility index (Phi) is 4.95. The number of hydrogen-bond donors (Lipinski definition) is 1. The Hall–Kier alpha value is -2.53. The van der Waals surface area contributed by atoms with Gasteiger partial charge >= 0.3 is 5.97 Å². The second kappa shape index (κ2) is 7.15. The molecule has 5 nitrogen and oxygen atoms in total. The van der Waals surface area contributed by atoms with E-state index >= 15 is 0 Å². The van der Waals surface area contributed by atoms with Crippen molar-refractivity contribution in [2.24, 2.45) is 0 Å². The van der Waals surface area contributed by atoms with Gasteiger partial charge in [0.15, 0.2) is 0 Å². The molecule has 25 heavy (non-hydrogen) atoms. The first-order valence-corrected chi connectivity index (χ1v) is 8.56. The highest BCUT2D eigenvalue weighted by atomic mass is 35.5. The highest BCUT2D eigenvalue weighted by molar-refractivity contribution is 6.34. The number of alkyl halides is 1. The number of hydrogen-bond acceptors (Lipinski definition) is 4. The van der Waals surface area contributed by atoms with Gasteiger partial charge in [-0.1, -0.05) is 6.07 Å². The number of benzene rings is 1. The third kappa shape index (κ3) is 3.46. The van der Waals surface area contributed by atoms with E-state index in [9.17, 15) is 9.59 Å². The van der Waals surface area contributed by atoms with Crippen LogP contribution in [0.2, 0.25) is 0 Å². The average Bonchev–Trinajstić information content (AvgIpc) is 3.09. The number of anilines is 1. The summed E-state index contributed by atoms with van der Waals surface area (Å²) in [6.45, 7) is 3.73. The molecule has 6 heteroatoms. The topological polar surface area (TPSA) is 68.5 Å². The Morgan fingerprint density at radius 3 is 2.88 bits per heavy atom. The van der Waals surface area contributed by atoms with Gasteiger partial charge in [-0.05, 0) is 50.1 Å². The molecular weight excluding hydrogens is 342 g/mol. The van der Waals surface area contributed by atoms with Gasteiger partial charge in [-0.3, -0.25) is 4.79 Å². The van der Waals surface area contributed by atoms with Gasteiger partial charge < -0.3 is 14.5 Å². The third-order valence-electron chi connectivity index (χ3n) is 3.97. The number of fused-ring (bicyclic) bond motifs is 1. The number of carbonyl (C=O) groups excluding carboxylic acids is 2. The Morgan fingerprint density at radius 1 is 1.36 bits per heavy atom. The summed E-state index contributed by atoms with van der Waals surface area (Å²) in [5.74, 6) is 0.763. The fraction of sp³-hybridized carbons (Fsp3) is 0.263. The third-order valence-corrected chi connectivity index (χ3v) is 4.16. The first-order chi connectivity index (χ1) is 12.0. The number of nitrogens with one attached hydrogen (secondary N) is 1. The molecule has 0 aliphatic carbocycles. The number of furan rings is 1. The zero-order chi connectivity index (χ0) is 18.0. The molecule has 0 saturated heterocycles. The van der Waals surface area contributed by atoms with Crippen LogP contribution < -0.4 is 5.32 Å². The lowest BCUT2D eigenvalue weighted by molar-refractivity contribution is -0.110. The number of aryl methyl sites for hydroxylation is 2. The number of amides is 1. The zero-order valence-electron chi connectivity index (χ0n) is 14.0. The molecule has 1 amide bonds. The Bertz CT molecular complexity index is 866. The first-order valence-electron chi connectivity index (χ1n) is 8.03. The molecule has 0 atom stereocenters. The van der Waals surface area contributed by atoms with Gasteiger partial charge in [0.25, 0.3) is 5.91 Å². The quantitative estimate of drug-likeness (QED) is 0.497. The van der Waals surface area contributed by atoms with E-state index in [1.54, 1.807) is 26.0 Å². The standard InChI is InChI=1S/C19H18ClNO4/c1-3-24-19(23)14-9-13(25-11(14)2)10-16-15-8-12(6-7-20)4-5-17(15)21-18(16)22/h4-5,8-10H,3,6-7H2,1-2H3,(H,21,22). The molecule has 1 aliphatic heterocycles. The Labute approximate surface area is 150 Å². The molecule has 130 valence electrons. The smallest absolute Gasteiger partial charge is 0.341 e. The van der Waals surface area contributed by atoms with E-state index < -0.39 is 5.97 Å². The van der Waals surface area contributed by atoms with Crippen molar-refractivity contribution in [3.63, 3.8) is 0 Å². The number of esters is 1. The van der Waals surface area contributed by atoms with Gasteiger partial charge in [0.1, 0.15) is 17.1 Å². The predicted molar refractivity (Wildman–Crippen MR) is 96.8 cm³/mol. The first kappa shape index (κ1) is 17.3. The normalized spacial score (nSPS) is 14.5. The van der Waals surface area contributed by atoms with Crippen LogP contribution in [0.5, 0.6) is 0 Å². The van der Waals surface area contributed by atoms with E-state index in [4.69, 9.17) is 20.8 Å². The maximum Gasteiger partial charge on any atom is 0.341 e. The summed E-state index contributed by atoms with van der Waals surface area (Å²) in [7, 11) is 0. The van der Waals surface area contributed by atoms with Gasteiger partial charge in [0.05, 0.1) is 12.2 Å².